The zero-order chi connectivity index (χ0) is 18.8. The number of thioether (sulfide) groups is 1. The minimum atomic E-state index is 0.409. The van der Waals surface area contributed by atoms with Gasteiger partial charge in [0.1, 0.15) is 6.33 Å². The highest BCUT2D eigenvalue weighted by atomic mass is 35.5. The van der Waals surface area contributed by atoms with Crippen molar-refractivity contribution < 1.29 is 4.52 Å². The number of benzene rings is 2. The Labute approximate surface area is 165 Å². The van der Waals surface area contributed by atoms with Crippen LogP contribution in [0.5, 0.6) is 0 Å². The average molecular weight is 398 g/mol. The molecule has 0 N–H and O–H groups in total. The van der Waals surface area contributed by atoms with E-state index in [1.54, 1.807) is 12.4 Å². The van der Waals surface area contributed by atoms with E-state index in [-0.39, 0.29) is 0 Å². The van der Waals surface area contributed by atoms with Crippen LogP contribution < -0.4 is 0 Å². The van der Waals surface area contributed by atoms with Gasteiger partial charge in [-0.3, -0.25) is 4.57 Å². The molecule has 0 atom stereocenters. The molecule has 2 aromatic carbocycles. The van der Waals surface area contributed by atoms with E-state index in [2.05, 4.69) is 52.4 Å². The summed E-state index contributed by atoms with van der Waals surface area (Å²) in [7, 11) is 0. The van der Waals surface area contributed by atoms with E-state index in [4.69, 9.17) is 16.1 Å². The number of nitrogens with zero attached hydrogens (tertiary/aromatic N) is 5. The van der Waals surface area contributed by atoms with E-state index in [1.807, 2.05) is 22.8 Å². The fourth-order valence-corrected chi connectivity index (χ4v) is 3.73. The van der Waals surface area contributed by atoms with Crippen molar-refractivity contribution in [1.29, 1.82) is 0 Å². The second-order valence-corrected chi connectivity index (χ2v) is 7.41. The maximum Gasteiger partial charge on any atom is 0.259 e. The molecule has 0 amide bonds. The summed E-state index contributed by atoms with van der Waals surface area (Å²) in [6.45, 7) is 4.15. The molecule has 0 bridgehead atoms. The Morgan fingerprint density at radius 1 is 1.15 bits per heavy atom. The second-order valence-electron chi connectivity index (χ2n) is 6.06. The first-order valence-electron chi connectivity index (χ1n) is 8.30. The van der Waals surface area contributed by atoms with Gasteiger partial charge in [-0.1, -0.05) is 58.3 Å². The first-order valence-corrected chi connectivity index (χ1v) is 9.66. The maximum absolute atomic E-state index is 6.19. The van der Waals surface area contributed by atoms with E-state index in [9.17, 15) is 0 Å². The number of aromatic nitrogens is 5. The van der Waals surface area contributed by atoms with Gasteiger partial charge < -0.3 is 4.52 Å². The van der Waals surface area contributed by atoms with Gasteiger partial charge in [-0.2, -0.15) is 4.98 Å². The number of hydrogen-bond acceptors (Lipinski definition) is 6. The van der Waals surface area contributed by atoms with Crippen LogP contribution in [0, 0.1) is 13.8 Å². The van der Waals surface area contributed by atoms with Crippen LogP contribution in [0.25, 0.3) is 17.1 Å². The van der Waals surface area contributed by atoms with Gasteiger partial charge in [-0.15, -0.1) is 10.2 Å². The lowest BCUT2D eigenvalue weighted by Gasteiger charge is -2.09. The fraction of sp³-hybridized carbons (Fsp3) is 0.158. The molecule has 0 unspecified atom stereocenters. The Kier molecular flexibility index (Phi) is 4.96. The molecule has 0 aliphatic rings. The van der Waals surface area contributed by atoms with Crippen molar-refractivity contribution in [3.63, 3.8) is 0 Å². The highest BCUT2D eigenvalue weighted by molar-refractivity contribution is 7.98. The molecule has 0 aliphatic carbocycles. The molecule has 2 heterocycles. The zero-order valence-electron chi connectivity index (χ0n) is 14.8. The molecule has 4 rings (SSSR count). The van der Waals surface area contributed by atoms with E-state index in [1.165, 1.54) is 17.3 Å². The third-order valence-corrected chi connectivity index (χ3v) is 5.30. The highest BCUT2D eigenvalue weighted by Gasteiger charge is 2.14. The molecular formula is C19H16ClN5OS. The lowest BCUT2D eigenvalue weighted by molar-refractivity contribution is 0.425. The Hall–Kier alpha value is -2.64. The number of aryl methyl sites for hydroxylation is 2. The lowest BCUT2D eigenvalue weighted by atomic mass is 10.1. The third kappa shape index (κ3) is 3.74. The minimum absolute atomic E-state index is 0.409. The van der Waals surface area contributed by atoms with E-state index in [0.29, 0.717) is 22.5 Å². The van der Waals surface area contributed by atoms with Crippen molar-refractivity contribution in [1.82, 2.24) is 24.9 Å². The lowest BCUT2D eigenvalue weighted by Crippen LogP contribution is -1.98. The normalized spacial score (nSPS) is 11.1. The smallest absolute Gasteiger partial charge is 0.259 e. The van der Waals surface area contributed by atoms with Gasteiger partial charge in [0, 0.05) is 0 Å². The standard InChI is InChI=1S/C19H16ClN5OS/c1-12-7-8-16(13(2)9-12)25-11-21-23-19(25)27-10-17-22-18(26-24-17)14-5-3-4-6-15(14)20/h3-9,11H,10H2,1-2H3. The van der Waals surface area contributed by atoms with Crippen molar-refractivity contribution in [2.45, 2.75) is 24.8 Å². The molecule has 2 aromatic heterocycles. The van der Waals surface area contributed by atoms with Crippen LogP contribution in [0.3, 0.4) is 0 Å². The van der Waals surface area contributed by atoms with E-state index >= 15 is 0 Å². The van der Waals surface area contributed by atoms with Gasteiger partial charge >= 0.3 is 0 Å². The van der Waals surface area contributed by atoms with Gasteiger partial charge in [0.2, 0.25) is 0 Å². The third-order valence-electron chi connectivity index (χ3n) is 4.03. The van der Waals surface area contributed by atoms with Gasteiger partial charge in [0.15, 0.2) is 11.0 Å². The summed E-state index contributed by atoms with van der Waals surface area (Å²) in [5, 5.41) is 13.7. The fourth-order valence-electron chi connectivity index (χ4n) is 2.75. The van der Waals surface area contributed by atoms with Crippen LogP contribution >= 0.6 is 23.4 Å². The Morgan fingerprint density at radius 2 is 2.00 bits per heavy atom. The number of rotatable bonds is 5. The average Bonchev–Trinajstić information content (AvgIpc) is 3.30. The summed E-state index contributed by atoms with van der Waals surface area (Å²) in [5.41, 5.74) is 4.16. The molecule has 0 aliphatic heterocycles. The first-order chi connectivity index (χ1) is 13.1. The maximum atomic E-state index is 6.19. The van der Waals surface area contributed by atoms with Gasteiger partial charge in [0.05, 0.1) is 22.0 Å². The predicted octanol–water partition coefficient (Wildman–Crippen LogP) is 4.88. The molecule has 0 spiro atoms. The van der Waals surface area contributed by atoms with Gasteiger partial charge in [-0.05, 0) is 37.6 Å². The quantitative estimate of drug-likeness (QED) is 0.447. The molecule has 8 heteroatoms. The van der Waals surface area contributed by atoms with E-state index < -0.39 is 0 Å². The number of hydrogen-bond donors (Lipinski definition) is 0. The monoisotopic (exact) mass is 397 g/mol. The molecule has 0 saturated carbocycles. The Morgan fingerprint density at radius 3 is 2.81 bits per heavy atom. The topological polar surface area (TPSA) is 69.6 Å². The van der Waals surface area contributed by atoms with E-state index in [0.717, 1.165) is 22.0 Å². The van der Waals surface area contributed by atoms with Crippen molar-refractivity contribution in [3.8, 4) is 17.1 Å². The molecule has 0 fully saturated rings. The van der Waals surface area contributed by atoms with Gasteiger partial charge in [0.25, 0.3) is 5.89 Å². The van der Waals surface area contributed by atoms with Crippen LogP contribution in [-0.2, 0) is 5.75 Å². The summed E-state index contributed by atoms with van der Waals surface area (Å²) in [4.78, 5) is 4.43. The Bertz CT molecular complexity index is 1090. The van der Waals surface area contributed by atoms with Gasteiger partial charge in [-0.25, -0.2) is 0 Å². The molecule has 4 aromatic rings. The molecule has 136 valence electrons. The van der Waals surface area contributed by atoms with Crippen molar-refractivity contribution >= 4 is 23.4 Å². The Balaban J connectivity index is 1.52. The zero-order valence-corrected chi connectivity index (χ0v) is 16.3. The SMILES string of the molecule is Cc1ccc(-n2cnnc2SCc2noc(-c3ccccc3Cl)n2)c(C)c1. The summed E-state index contributed by atoms with van der Waals surface area (Å²) < 4.78 is 7.31. The number of halogens is 1. The first kappa shape index (κ1) is 17.8. The van der Waals surface area contributed by atoms with Crippen molar-refractivity contribution in [3.05, 3.63) is 70.8 Å². The molecular weight excluding hydrogens is 382 g/mol. The van der Waals surface area contributed by atoms with Crippen LogP contribution in [0.15, 0.2) is 58.5 Å². The molecule has 0 radical (unpaired) electrons. The van der Waals surface area contributed by atoms with Crippen LogP contribution in [0.4, 0.5) is 0 Å². The van der Waals surface area contributed by atoms with Crippen LogP contribution in [-0.4, -0.2) is 24.9 Å². The summed E-state index contributed by atoms with van der Waals surface area (Å²) in [6.07, 6.45) is 1.71. The van der Waals surface area contributed by atoms with Crippen LogP contribution in [0.1, 0.15) is 17.0 Å². The van der Waals surface area contributed by atoms with Crippen LogP contribution in [0.2, 0.25) is 5.02 Å². The summed E-state index contributed by atoms with van der Waals surface area (Å²) in [5.74, 6) is 1.49. The second kappa shape index (κ2) is 7.54. The van der Waals surface area contributed by atoms with Crippen molar-refractivity contribution in [2.75, 3.05) is 0 Å². The largest absolute Gasteiger partial charge is 0.334 e. The highest BCUT2D eigenvalue weighted by Crippen LogP contribution is 2.28. The minimum Gasteiger partial charge on any atom is -0.334 e. The molecule has 27 heavy (non-hydrogen) atoms. The predicted molar refractivity (Wildman–Crippen MR) is 105 cm³/mol. The molecule has 0 saturated heterocycles. The molecule has 6 nitrogen and oxygen atoms in total. The summed E-state index contributed by atoms with van der Waals surface area (Å²) in [6, 6.07) is 13.7. The summed E-state index contributed by atoms with van der Waals surface area (Å²) >= 11 is 7.68. The van der Waals surface area contributed by atoms with Crippen molar-refractivity contribution in [2.24, 2.45) is 0 Å².